The SMILES string of the molecule is CC(Cc1ccccc1)C(=O)N1CCC(CO)C1. The van der Waals surface area contributed by atoms with E-state index in [9.17, 15) is 4.79 Å². The molecule has 18 heavy (non-hydrogen) atoms. The molecule has 1 saturated heterocycles. The molecule has 0 bridgehead atoms. The number of nitrogens with zero attached hydrogens (tertiary/aromatic N) is 1. The van der Waals surface area contributed by atoms with Gasteiger partial charge in [-0.25, -0.2) is 0 Å². The first-order valence-corrected chi connectivity index (χ1v) is 6.64. The highest BCUT2D eigenvalue weighted by Crippen LogP contribution is 2.19. The van der Waals surface area contributed by atoms with Crippen molar-refractivity contribution in [3.05, 3.63) is 35.9 Å². The van der Waals surface area contributed by atoms with Crippen molar-refractivity contribution in [1.29, 1.82) is 0 Å². The molecule has 3 nitrogen and oxygen atoms in total. The lowest BCUT2D eigenvalue weighted by atomic mass is 10.00. The van der Waals surface area contributed by atoms with Crippen molar-refractivity contribution in [2.24, 2.45) is 11.8 Å². The number of amides is 1. The number of benzene rings is 1. The first kappa shape index (κ1) is 13.1. The average Bonchev–Trinajstić information content (AvgIpc) is 2.87. The van der Waals surface area contributed by atoms with Crippen molar-refractivity contribution in [1.82, 2.24) is 4.90 Å². The molecule has 1 heterocycles. The van der Waals surface area contributed by atoms with Crippen molar-refractivity contribution in [2.75, 3.05) is 19.7 Å². The minimum absolute atomic E-state index is 0.0184. The molecule has 1 aromatic carbocycles. The van der Waals surface area contributed by atoms with Gasteiger partial charge in [-0.05, 0) is 18.4 Å². The van der Waals surface area contributed by atoms with Crippen LogP contribution in [0.4, 0.5) is 0 Å². The molecule has 0 aliphatic carbocycles. The summed E-state index contributed by atoms with van der Waals surface area (Å²) in [5.41, 5.74) is 1.20. The molecule has 0 spiro atoms. The van der Waals surface area contributed by atoms with Crippen molar-refractivity contribution >= 4 is 5.91 Å². The van der Waals surface area contributed by atoms with Gasteiger partial charge in [0, 0.05) is 31.5 Å². The zero-order valence-corrected chi connectivity index (χ0v) is 10.9. The first-order valence-electron chi connectivity index (χ1n) is 6.64. The zero-order chi connectivity index (χ0) is 13.0. The summed E-state index contributed by atoms with van der Waals surface area (Å²) >= 11 is 0. The van der Waals surface area contributed by atoms with Gasteiger partial charge in [0.15, 0.2) is 0 Å². The number of carbonyl (C=O) groups excluding carboxylic acids is 1. The van der Waals surface area contributed by atoms with Gasteiger partial charge in [-0.1, -0.05) is 37.3 Å². The molecule has 0 aromatic heterocycles. The van der Waals surface area contributed by atoms with Crippen molar-refractivity contribution in [3.8, 4) is 0 Å². The van der Waals surface area contributed by atoms with Gasteiger partial charge in [-0.3, -0.25) is 4.79 Å². The molecule has 1 aromatic rings. The summed E-state index contributed by atoms with van der Waals surface area (Å²) in [4.78, 5) is 14.2. The molecule has 3 heteroatoms. The minimum atomic E-state index is 0.0184. The Bertz CT molecular complexity index is 391. The van der Waals surface area contributed by atoms with Crippen LogP contribution in [-0.4, -0.2) is 35.6 Å². The zero-order valence-electron chi connectivity index (χ0n) is 10.9. The Balaban J connectivity index is 1.89. The molecule has 2 rings (SSSR count). The van der Waals surface area contributed by atoms with Crippen LogP contribution in [0.3, 0.4) is 0 Å². The van der Waals surface area contributed by atoms with E-state index in [4.69, 9.17) is 5.11 Å². The second-order valence-corrected chi connectivity index (χ2v) is 5.21. The van der Waals surface area contributed by atoms with Crippen LogP contribution in [0.1, 0.15) is 18.9 Å². The van der Waals surface area contributed by atoms with Gasteiger partial charge < -0.3 is 10.0 Å². The molecule has 1 aliphatic heterocycles. The Hall–Kier alpha value is -1.35. The highest BCUT2D eigenvalue weighted by molar-refractivity contribution is 5.79. The molecule has 0 radical (unpaired) electrons. The van der Waals surface area contributed by atoms with Gasteiger partial charge in [0.25, 0.3) is 0 Å². The first-order chi connectivity index (χ1) is 8.70. The largest absolute Gasteiger partial charge is 0.396 e. The highest BCUT2D eigenvalue weighted by Gasteiger charge is 2.28. The number of hydrogen-bond donors (Lipinski definition) is 1. The van der Waals surface area contributed by atoms with E-state index in [-0.39, 0.29) is 24.3 Å². The van der Waals surface area contributed by atoms with Crippen molar-refractivity contribution in [3.63, 3.8) is 0 Å². The normalized spacial score (nSPS) is 21.0. The van der Waals surface area contributed by atoms with Crippen LogP contribution in [0, 0.1) is 11.8 Å². The summed E-state index contributed by atoms with van der Waals surface area (Å²) in [5, 5.41) is 9.10. The Labute approximate surface area is 108 Å². The summed E-state index contributed by atoms with van der Waals surface area (Å²) in [6, 6.07) is 10.1. The number of rotatable bonds is 4. The third-order valence-corrected chi connectivity index (χ3v) is 3.66. The number of aliphatic hydroxyl groups is 1. The predicted molar refractivity (Wildman–Crippen MR) is 71.1 cm³/mol. The molecule has 1 fully saturated rings. The van der Waals surface area contributed by atoms with Gasteiger partial charge in [-0.2, -0.15) is 0 Å². The maximum Gasteiger partial charge on any atom is 0.225 e. The van der Waals surface area contributed by atoms with Gasteiger partial charge in [0.2, 0.25) is 5.91 Å². The maximum absolute atomic E-state index is 12.3. The monoisotopic (exact) mass is 247 g/mol. The van der Waals surface area contributed by atoms with Crippen LogP contribution in [0.25, 0.3) is 0 Å². The molecule has 98 valence electrons. The van der Waals surface area contributed by atoms with Crippen LogP contribution in [0.5, 0.6) is 0 Å². The quantitative estimate of drug-likeness (QED) is 0.880. The lowest BCUT2D eigenvalue weighted by Gasteiger charge is -2.21. The fraction of sp³-hybridized carbons (Fsp3) is 0.533. The van der Waals surface area contributed by atoms with Gasteiger partial charge in [0.1, 0.15) is 0 Å². The second-order valence-electron chi connectivity index (χ2n) is 5.21. The standard InChI is InChI=1S/C15H21NO2/c1-12(9-13-5-3-2-4-6-13)15(18)16-8-7-14(10-16)11-17/h2-6,12,14,17H,7-11H2,1H3. The third-order valence-electron chi connectivity index (χ3n) is 3.66. The smallest absolute Gasteiger partial charge is 0.225 e. The number of carbonyl (C=O) groups is 1. The van der Waals surface area contributed by atoms with Crippen molar-refractivity contribution in [2.45, 2.75) is 19.8 Å². The summed E-state index contributed by atoms with van der Waals surface area (Å²) in [7, 11) is 0. The number of aliphatic hydroxyl groups excluding tert-OH is 1. The molecule has 2 unspecified atom stereocenters. The lowest BCUT2D eigenvalue weighted by molar-refractivity contribution is -0.134. The Kier molecular flexibility index (Phi) is 4.37. The molecular formula is C15H21NO2. The van der Waals surface area contributed by atoms with Crippen molar-refractivity contribution < 1.29 is 9.90 Å². The Morgan fingerprint density at radius 1 is 1.44 bits per heavy atom. The van der Waals surface area contributed by atoms with E-state index in [1.54, 1.807) is 0 Å². The molecule has 0 saturated carbocycles. The van der Waals surface area contributed by atoms with E-state index in [2.05, 4.69) is 12.1 Å². The Morgan fingerprint density at radius 3 is 2.78 bits per heavy atom. The third kappa shape index (κ3) is 3.10. The van der Waals surface area contributed by atoms with Crippen LogP contribution >= 0.6 is 0 Å². The van der Waals surface area contributed by atoms with E-state index in [1.165, 1.54) is 5.56 Å². The lowest BCUT2D eigenvalue weighted by Crippen LogP contribution is -2.34. The summed E-state index contributed by atoms with van der Waals surface area (Å²) in [5.74, 6) is 0.512. The van der Waals surface area contributed by atoms with E-state index in [0.717, 1.165) is 19.4 Å². The fourth-order valence-corrected chi connectivity index (χ4v) is 2.55. The van der Waals surface area contributed by atoms with Crippen LogP contribution < -0.4 is 0 Å². The van der Waals surface area contributed by atoms with Crippen LogP contribution in [0.15, 0.2) is 30.3 Å². The Morgan fingerprint density at radius 2 is 2.17 bits per heavy atom. The molecule has 1 aliphatic rings. The van der Waals surface area contributed by atoms with Gasteiger partial charge in [-0.15, -0.1) is 0 Å². The fourth-order valence-electron chi connectivity index (χ4n) is 2.55. The molecule has 1 amide bonds. The minimum Gasteiger partial charge on any atom is -0.396 e. The summed E-state index contributed by atoms with van der Waals surface area (Å²) < 4.78 is 0. The summed E-state index contributed by atoms with van der Waals surface area (Å²) in [6.45, 7) is 3.69. The van der Waals surface area contributed by atoms with E-state index in [1.807, 2.05) is 30.0 Å². The van der Waals surface area contributed by atoms with E-state index in [0.29, 0.717) is 6.54 Å². The van der Waals surface area contributed by atoms with Gasteiger partial charge in [0.05, 0.1) is 0 Å². The highest BCUT2D eigenvalue weighted by atomic mass is 16.3. The van der Waals surface area contributed by atoms with Crippen LogP contribution in [0.2, 0.25) is 0 Å². The second kappa shape index (κ2) is 6.01. The molecule has 2 atom stereocenters. The van der Waals surface area contributed by atoms with E-state index < -0.39 is 0 Å². The topological polar surface area (TPSA) is 40.5 Å². The molecule has 1 N–H and O–H groups in total. The van der Waals surface area contributed by atoms with Gasteiger partial charge >= 0.3 is 0 Å². The number of likely N-dealkylation sites (tertiary alicyclic amines) is 1. The average molecular weight is 247 g/mol. The number of hydrogen-bond acceptors (Lipinski definition) is 2. The van der Waals surface area contributed by atoms with E-state index >= 15 is 0 Å². The molecular weight excluding hydrogens is 226 g/mol. The summed E-state index contributed by atoms with van der Waals surface area (Å²) in [6.07, 6.45) is 1.72. The predicted octanol–water partition coefficient (Wildman–Crippen LogP) is 1.71. The van der Waals surface area contributed by atoms with Crippen LogP contribution in [-0.2, 0) is 11.2 Å². The maximum atomic E-state index is 12.3.